The third-order valence-corrected chi connectivity index (χ3v) is 5.56. The fourth-order valence-corrected chi connectivity index (χ4v) is 4.08. The minimum absolute atomic E-state index is 0. The lowest BCUT2D eigenvalue weighted by atomic mass is 10.0. The summed E-state index contributed by atoms with van der Waals surface area (Å²) in [5, 5.41) is 7.46. The van der Waals surface area contributed by atoms with Crippen LogP contribution < -0.4 is 10.7 Å². The minimum Gasteiger partial charge on any atom is -0.336 e. The number of carbonyl (C=O) groups is 2. The highest BCUT2D eigenvalue weighted by molar-refractivity contribution is 5.92. The first kappa shape index (κ1) is 22.0. The summed E-state index contributed by atoms with van der Waals surface area (Å²) < 4.78 is 1.62. The van der Waals surface area contributed by atoms with Crippen LogP contribution in [0, 0.1) is 6.92 Å². The van der Waals surface area contributed by atoms with Gasteiger partial charge in [-0.3, -0.25) is 14.4 Å². The predicted octanol–water partition coefficient (Wildman–Crippen LogP) is 0.999. The highest BCUT2D eigenvalue weighted by Crippen LogP contribution is 2.18. The van der Waals surface area contributed by atoms with Gasteiger partial charge in [-0.25, -0.2) is 4.68 Å². The van der Waals surface area contributed by atoms with Crippen molar-refractivity contribution in [2.24, 2.45) is 0 Å². The molecule has 1 aromatic heterocycles. The van der Waals surface area contributed by atoms with Crippen molar-refractivity contribution in [1.29, 1.82) is 0 Å². The second-order valence-corrected chi connectivity index (χ2v) is 7.56. The molecule has 1 N–H and O–H groups in total. The van der Waals surface area contributed by atoms with E-state index in [1.165, 1.54) is 6.07 Å². The number of carbonyl (C=O) groups excluding carboxylic acids is 2. The van der Waals surface area contributed by atoms with Gasteiger partial charge in [-0.1, -0.05) is 18.2 Å². The first-order valence-corrected chi connectivity index (χ1v) is 10.0. The van der Waals surface area contributed by atoms with E-state index in [0.29, 0.717) is 31.9 Å². The molecule has 2 aromatic rings. The second kappa shape index (κ2) is 9.40. The Bertz CT molecular complexity index is 978. The maximum Gasteiger partial charge on any atom is 0.278 e. The van der Waals surface area contributed by atoms with Crippen LogP contribution in [0.15, 0.2) is 41.2 Å². The van der Waals surface area contributed by atoms with Crippen molar-refractivity contribution in [2.75, 3.05) is 32.7 Å². The molecule has 0 bridgehead atoms. The van der Waals surface area contributed by atoms with E-state index in [-0.39, 0.29) is 41.4 Å². The van der Waals surface area contributed by atoms with Crippen molar-refractivity contribution in [3.05, 3.63) is 58.0 Å². The fraction of sp³-hybridized carbons (Fsp3) is 0.429. The molecule has 2 aliphatic heterocycles. The number of likely N-dealkylation sites (tertiary alicyclic amines) is 1. The van der Waals surface area contributed by atoms with Gasteiger partial charge in [0, 0.05) is 44.0 Å². The molecule has 2 aliphatic rings. The van der Waals surface area contributed by atoms with E-state index < -0.39 is 0 Å². The molecule has 0 aliphatic carbocycles. The Kier molecular flexibility index (Phi) is 6.89. The number of rotatable bonds is 3. The number of benzene rings is 1. The smallest absolute Gasteiger partial charge is 0.278 e. The Hall–Kier alpha value is -2.71. The van der Waals surface area contributed by atoms with Gasteiger partial charge in [0.05, 0.1) is 12.2 Å². The standard InChI is InChI=1S/C21H25N5O3.ClH/c1-15-12-18(27)20(23-26(15)16-6-3-2-4-7-16)21(29)24-10-5-8-17(14-24)25-11-9-22-13-19(25)28;/h2-4,6-7,12,17,22H,5,8-11,13-14H2,1H3;1H. The number of hydrogen-bond acceptors (Lipinski definition) is 5. The number of piperazine rings is 1. The van der Waals surface area contributed by atoms with Crippen LogP contribution in [-0.2, 0) is 4.79 Å². The van der Waals surface area contributed by atoms with E-state index >= 15 is 0 Å². The summed E-state index contributed by atoms with van der Waals surface area (Å²) in [6, 6.07) is 10.9. The molecule has 30 heavy (non-hydrogen) atoms. The van der Waals surface area contributed by atoms with Crippen molar-refractivity contribution in [3.63, 3.8) is 0 Å². The molecule has 0 spiro atoms. The molecule has 1 aromatic carbocycles. The van der Waals surface area contributed by atoms with Crippen LogP contribution in [0.25, 0.3) is 5.69 Å². The Morgan fingerprint density at radius 3 is 2.67 bits per heavy atom. The van der Waals surface area contributed by atoms with Crippen molar-refractivity contribution >= 4 is 24.2 Å². The van der Waals surface area contributed by atoms with E-state index in [0.717, 1.165) is 25.1 Å². The van der Waals surface area contributed by atoms with E-state index in [9.17, 15) is 14.4 Å². The van der Waals surface area contributed by atoms with Gasteiger partial charge in [0.2, 0.25) is 11.3 Å². The van der Waals surface area contributed by atoms with Crippen LogP contribution in [0.4, 0.5) is 0 Å². The number of aryl methyl sites for hydroxylation is 1. The summed E-state index contributed by atoms with van der Waals surface area (Å²) in [6.45, 7) is 4.54. The molecule has 0 saturated carbocycles. The van der Waals surface area contributed by atoms with Crippen LogP contribution in [0.2, 0.25) is 0 Å². The lowest BCUT2D eigenvalue weighted by Crippen LogP contribution is -2.57. The first-order valence-electron chi connectivity index (χ1n) is 10.0. The Morgan fingerprint density at radius 2 is 1.93 bits per heavy atom. The number of para-hydroxylation sites is 1. The molecule has 9 heteroatoms. The summed E-state index contributed by atoms with van der Waals surface area (Å²) in [6.07, 6.45) is 1.66. The molecule has 160 valence electrons. The quantitative estimate of drug-likeness (QED) is 0.783. The van der Waals surface area contributed by atoms with E-state index in [2.05, 4.69) is 10.4 Å². The normalized spacial score (nSPS) is 19.4. The molecule has 2 fully saturated rings. The largest absolute Gasteiger partial charge is 0.336 e. The van der Waals surface area contributed by atoms with Gasteiger partial charge in [-0.2, -0.15) is 5.10 Å². The summed E-state index contributed by atoms with van der Waals surface area (Å²) in [4.78, 5) is 41.5. The molecule has 1 unspecified atom stereocenters. The van der Waals surface area contributed by atoms with Gasteiger partial charge in [-0.05, 0) is 31.9 Å². The fourth-order valence-electron chi connectivity index (χ4n) is 4.08. The molecule has 2 saturated heterocycles. The van der Waals surface area contributed by atoms with Crippen molar-refractivity contribution in [1.82, 2.24) is 24.9 Å². The highest BCUT2D eigenvalue weighted by Gasteiger charge is 2.33. The van der Waals surface area contributed by atoms with Crippen molar-refractivity contribution in [3.8, 4) is 5.69 Å². The molecule has 3 heterocycles. The summed E-state index contributed by atoms with van der Waals surface area (Å²) >= 11 is 0. The average Bonchev–Trinajstić information content (AvgIpc) is 2.74. The number of nitrogens with one attached hydrogen (secondary N) is 1. The Balaban J connectivity index is 0.00000256. The average molecular weight is 432 g/mol. The van der Waals surface area contributed by atoms with Crippen molar-refractivity contribution in [2.45, 2.75) is 25.8 Å². The van der Waals surface area contributed by atoms with E-state index in [1.54, 1.807) is 16.5 Å². The number of hydrogen-bond donors (Lipinski definition) is 1. The molecule has 0 radical (unpaired) electrons. The van der Waals surface area contributed by atoms with Gasteiger partial charge in [0.1, 0.15) is 0 Å². The topological polar surface area (TPSA) is 87.5 Å². The molecule has 8 nitrogen and oxygen atoms in total. The predicted molar refractivity (Wildman–Crippen MR) is 115 cm³/mol. The molecule has 2 amide bonds. The summed E-state index contributed by atoms with van der Waals surface area (Å²) in [7, 11) is 0. The van der Waals surface area contributed by atoms with Crippen molar-refractivity contribution < 1.29 is 9.59 Å². The SMILES string of the molecule is Cc1cc(=O)c(C(=O)N2CCCC(N3CCNCC3=O)C2)nn1-c1ccccc1.Cl. The van der Waals surface area contributed by atoms with Crippen LogP contribution in [0.5, 0.6) is 0 Å². The zero-order valence-electron chi connectivity index (χ0n) is 16.9. The van der Waals surface area contributed by atoms with E-state index in [4.69, 9.17) is 0 Å². The highest BCUT2D eigenvalue weighted by atomic mass is 35.5. The van der Waals surface area contributed by atoms with Gasteiger partial charge in [0.15, 0.2) is 5.69 Å². The number of aromatic nitrogens is 2. The van der Waals surface area contributed by atoms with E-state index in [1.807, 2.05) is 35.2 Å². The van der Waals surface area contributed by atoms with Crippen LogP contribution in [0.1, 0.15) is 29.0 Å². The van der Waals surface area contributed by atoms with Crippen LogP contribution >= 0.6 is 12.4 Å². The number of halogens is 1. The number of amides is 2. The lowest BCUT2D eigenvalue weighted by Gasteiger charge is -2.41. The van der Waals surface area contributed by atoms with Crippen LogP contribution in [-0.4, -0.2) is 70.2 Å². The second-order valence-electron chi connectivity index (χ2n) is 7.56. The Labute approximate surface area is 181 Å². The maximum atomic E-state index is 13.2. The lowest BCUT2D eigenvalue weighted by molar-refractivity contribution is -0.135. The number of piperidine rings is 1. The zero-order valence-corrected chi connectivity index (χ0v) is 17.7. The molecule has 1 atom stereocenters. The zero-order chi connectivity index (χ0) is 20.4. The molecular weight excluding hydrogens is 406 g/mol. The third kappa shape index (κ3) is 4.39. The monoisotopic (exact) mass is 431 g/mol. The van der Waals surface area contributed by atoms with Gasteiger partial charge in [0.25, 0.3) is 5.91 Å². The number of nitrogens with zero attached hydrogens (tertiary/aromatic N) is 4. The van der Waals surface area contributed by atoms with Crippen LogP contribution in [0.3, 0.4) is 0 Å². The van der Waals surface area contributed by atoms with Gasteiger partial charge >= 0.3 is 0 Å². The Morgan fingerprint density at radius 1 is 1.17 bits per heavy atom. The molecule has 4 rings (SSSR count). The maximum absolute atomic E-state index is 13.2. The summed E-state index contributed by atoms with van der Waals surface area (Å²) in [5.41, 5.74) is 1.01. The summed E-state index contributed by atoms with van der Waals surface area (Å²) in [5.74, 6) is -0.303. The van der Waals surface area contributed by atoms with Gasteiger partial charge in [-0.15, -0.1) is 12.4 Å². The third-order valence-electron chi connectivity index (χ3n) is 5.56. The minimum atomic E-state index is -0.375. The van der Waals surface area contributed by atoms with Gasteiger partial charge < -0.3 is 15.1 Å². The first-order chi connectivity index (χ1) is 14.0. The molecular formula is C21H26ClN5O3.